The fourth-order valence-corrected chi connectivity index (χ4v) is 0.967. The van der Waals surface area contributed by atoms with Crippen molar-refractivity contribution in [1.29, 1.82) is 0 Å². The topological polar surface area (TPSA) is 77.3 Å². The lowest BCUT2D eigenvalue weighted by atomic mass is 10.1. The lowest BCUT2D eigenvalue weighted by Crippen LogP contribution is -2.05. The molecule has 0 amide bonds. The molecule has 0 N–H and O–H groups in total. The van der Waals surface area contributed by atoms with E-state index < -0.39 is 6.04 Å². The van der Waals surface area contributed by atoms with Crippen molar-refractivity contribution in [3.05, 3.63) is 45.5 Å². The first-order chi connectivity index (χ1) is 7.02. The highest BCUT2D eigenvalue weighted by atomic mass is 16.6. The molecule has 0 bridgehead atoms. The highest BCUT2D eigenvalue weighted by Crippen LogP contribution is 2.15. The van der Waals surface area contributed by atoms with E-state index in [4.69, 9.17) is 9.59 Å². The van der Waals surface area contributed by atoms with Crippen molar-refractivity contribution >= 4 is 6.15 Å². The number of hydrogen-bond acceptors (Lipinski definition) is 4. The third kappa shape index (κ3) is 4.69. The molecule has 1 aromatic carbocycles. The van der Waals surface area contributed by atoms with Gasteiger partial charge in [0.15, 0.2) is 0 Å². The number of carbonyl (C=O) groups excluding carboxylic acids is 2. The smallest absolute Gasteiger partial charge is 0.264 e. The van der Waals surface area contributed by atoms with Gasteiger partial charge in [0.05, 0.1) is 0 Å². The normalized spacial score (nSPS) is 10.5. The van der Waals surface area contributed by atoms with Crippen LogP contribution >= 0.6 is 0 Å². The Bertz CT molecular complexity index is 352. The predicted octanol–water partition coefficient (Wildman–Crippen LogP) is 1.75. The summed E-state index contributed by atoms with van der Waals surface area (Å²) >= 11 is 0. The number of benzene rings is 1. The summed E-state index contributed by atoms with van der Waals surface area (Å²) in [4.78, 5) is 26.4. The average molecular weight is 209 g/mol. The predicted molar refractivity (Wildman–Crippen MR) is 51.6 cm³/mol. The van der Waals surface area contributed by atoms with Crippen LogP contribution in [-0.4, -0.2) is 11.1 Å². The zero-order valence-electron chi connectivity index (χ0n) is 8.47. The first-order valence-electron chi connectivity index (χ1n) is 4.22. The summed E-state index contributed by atoms with van der Waals surface area (Å²) in [5.41, 5.74) is 1.87. The van der Waals surface area contributed by atoms with E-state index in [2.05, 4.69) is 0 Å². The van der Waals surface area contributed by atoms with Crippen molar-refractivity contribution in [1.82, 2.24) is 0 Å². The van der Waals surface area contributed by atoms with Crippen LogP contribution in [0.15, 0.2) is 24.3 Å². The lowest BCUT2D eigenvalue weighted by molar-refractivity contribution is -0.524. The van der Waals surface area contributed by atoms with E-state index in [0.29, 0.717) is 0 Å². The molecule has 0 aliphatic rings. The molecular weight excluding hydrogens is 198 g/mol. The summed E-state index contributed by atoms with van der Waals surface area (Å²) in [7, 11) is 0. The van der Waals surface area contributed by atoms with Gasteiger partial charge in [0.1, 0.15) is 0 Å². The molecule has 0 aliphatic heterocycles. The second kappa shape index (κ2) is 6.45. The standard InChI is InChI=1S/C9H11NO2.CO2/c1-7-3-5-9(6-4-7)8(2)10(11)12;2-1-3/h3-6,8H,1-2H3;. The summed E-state index contributed by atoms with van der Waals surface area (Å²) in [5, 5.41) is 10.4. The molecule has 1 atom stereocenters. The molecule has 0 heterocycles. The molecule has 0 saturated heterocycles. The van der Waals surface area contributed by atoms with E-state index >= 15 is 0 Å². The van der Waals surface area contributed by atoms with Crippen LogP contribution in [-0.2, 0) is 9.59 Å². The van der Waals surface area contributed by atoms with Gasteiger partial charge in [-0.25, -0.2) is 0 Å². The van der Waals surface area contributed by atoms with Gasteiger partial charge in [-0.15, -0.1) is 0 Å². The van der Waals surface area contributed by atoms with Gasteiger partial charge in [-0.1, -0.05) is 29.8 Å². The van der Waals surface area contributed by atoms with Crippen molar-refractivity contribution in [2.24, 2.45) is 0 Å². The zero-order valence-corrected chi connectivity index (χ0v) is 8.47. The van der Waals surface area contributed by atoms with Crippen LogP contribution < -0.4 is 0 Å². The Morgan fingerprint density at radius 2 is 1.67 bits per heavy atom. The van der Waals surface area contributed by atoms with Crippen LogP contribution in [0, 0.1) is 17.0 Å². The molecule has 0 aromatic heterocycles. The van der Waals surface area contributed by atoms with Gasteiger partial charge in [0.2, 0.25) is 6.04 Å². The Balaban J connectivity index is 0.000000583. The molecule has 0 aliphatic carbocycles. The van der Waals surface area contributed by atoms with E-state index in [-0.39, 0.29) is 11.1 Å². The maximum absolute atomic E-state index is 10.4. The van der Waals surface area contributed by atoms with E-state index in [0.717, 1.165) is 11.1 Å². The fourth-order valence-electron chi connectivity index (χ4n) is 0.967. The maximum Gasteiger partial charge on any atom is 0.373 e. The Hall–Kier alpha value is -2.00. The molecule has 1 unspecified atom stereocenters. The van der Waals surface area contributed by atoms with Crippen molar-refractivity contribution in [3.8, 4) is 0 Å². The van der Waals surface area contributed by atoms with Gasteiger partial charge in [-0.2, -0.15) is 9.59 Å². The second-order valence-electron chi connectivity index (χ2n) is 2.96. The molecule has 15 heavy (non-hydrogen) atoms. The summed E-state index contributed by atoms with van der Waals surface area (Å²) < 4.78 is 0. The molecular formula is C10H11NO4. The molecule has 80 valence electrons. The van der Waals surface area contributed by atoms with Crippen LogP contribution in [0.3, 0.4) is 0 Å². The molecule has 5 heteroatoms. The monoisotopic (exact) mass is 209 g/mol. The van der Waals surface area contributed by atoms with Gasteiger partial charge in [-0.05, 0) is 6.92 Å². The lowest BCUT2D eigenvalue weighted by Gasteiger charge is -2.03. The molecule has 0 radical (unpaired) electrons. The summed E-state index contributed by atoms with van der Waals surface area (Å²) in [6.45, 7) is 3.55. The quantitative estimate of drug-likeness (QED) is 0.549. The number of rotatable bonds is 2. The van der Waals surface area contributed by atoms with Crippen LogP contribution in [0.2, 0.25) is 0 Å². The Morgan fingerprint density at radius 3 is 2.00 bits per heavy atom. The number of aryl methyl sites for hydroxylation is 1. The summed E-state index contributed by atoms with van der Waals surface area (Å²) in [6.07, 6.45) is 0.250. The van der Waals surface area contributed by atoms with Crippen molar-refractivity contribution in [3.63, 3.8) is 0 Å². The largest absolute Gasteiger partial charge is 0.373 e. The fraction of sp³-hybridized carbons (Fsp3) is 0.300. The molecule has 1 aromatic rings. The molecule has 0 fully saturated rings. The Labute approximate surface area is 86.9 Å². The van der Waals surface area contributed by atoms with Crippen molar-refractivity contribution < 1.29 is 14.5 Å². The van der Waals surface area contributed by atoms with Gasteiger partial charge < -0.3 is 0 Å². The first kappa shape index (κ1) is 13.0. The zero-order chi connectivity index (χ0) is 11.8. The average Bonchev–Trinajstić information content (AvgIpc) is 2.19. The van der Waals surface area contributed by atoms with Gasteiger partial charge in [-0.3, -0.25) is 10.1 Å². The molecule has 5 nitrogen and oxygen atoms in total. The third-order valence-corrected chi connectivity index (χ3v) is 1.88. The Kier molecular flexibility index (Phi) is 5.59. The van der Waals surface area contributed by atoms with E-state index in [1.54, 1.807) is 19.1 Å². The highest BCUT2D eigenvalue weighted by Gasteiger charge is 2.14. The minimum absolute atomic E-state index is 0.250. The number of nitrogens with zero attached hydrogens (tertiary/aromatic N) is 1. The first-order valence-corrected chi connectivity index (χ1v) is 4.22. The SMILES string of the molecule is Cc1ccc(C(C)[N+](=O)[O-])cc1.O=C=O. The van der Waals surface area contributed by atoms with E-state index in [1.165, 1.54) is 0 Å². The highest BCUT2D eigenvalue weighted by molar-refractivity contribution is 5.22. The van der Waals surface area contributed by atoms with E-state index in [1.807, 2.05) is 19.1 Å². The van der Waals surface area contributed by atoms with Crippen LogP contribution in [0.5, 0.6) is 0 Å². The minimum Gasteiger partial charge on any atom is -0.264 e. The van der Waals surface area contributed by atoms with Gasteiger partial charge >= 0.3 is 6.15 Å². The van der Waals surface area contributed by atoms with Crippen LogP contribution in [0.1, 0.15) is 24.1 Å². The molecule has 0 saturated carbocycles. The van der Waals surface area contributed by atoms with E-state index in [9.17, 15) is 10.1 Å². The van der Waals surface area contributed by atoms with Gasteiger partial charge in [0.25, 0.3) is 0 Å². The third-order valence-electron chi connectivity index (χ3n) is 1.88. The van der Waals surface area contributed by atoms with Crippen molar-refractivity contribution in [2.45, 2.75) is 19.9 Å². The number of hydrogen-bond donors (Lipinski definition) is 0. The Morgan fingerprint density at radius 1 is 1.27 bits per heavy atom. The minimum atomic E-state index is -0.606. The molecule has 1 rings (SSSR count). The summed E-state index contributed by atoms with van der Waals surface area (Å²) in [5.74, 6) is 0. The van der Waals surface area contributed by atoms with Crippen LogP contribution in [0.4, 0.5) is 0 Å². The van der Waals surface area contributed by atoms with Crippen LogP contribution in [0.25, 0.3) is 0 Å². The van der Waals surface area contributed by atoms with Gasteiger partial charge in [0, 0.05) is 17.4 Å². The number of nitro groups is 1. The maximum atomic E-state index is 10.4. The second-order valence-corrected chi connectivity index (χ2v) is 2.96. The summed E-state index contributed by atoms with van der Waals surface area (Å²) in [6, 6.07) is 6.75. The van der Waals surface area contributed by atoms with Crippen molar-refractivity contribution in [2.75, 3.05) is 0 Å². The molecule has 0 spiro atoms.